The molecule has 294 valence electrons. The van der Waals surface area contributed by atoms with Gasteiger partial charge in [-0.25, -0.2) is 0 Å². The van der Waals surface area contributed by atoms with E-state index in [1.165, 1.54) is 20.8 Å². The van der Waals surface area contributed by atoms with Gasteiger partial charge in [0.2, 0.25) is 17.7 Å². The van der Waals surface area contributed by atoms with E-state index in [0.29, 0.717) is 0 Å². The summed E-state index contributed by atoms with van der Waals surface area (Å²) in [7, 11) is 0. The Labute approximate surface area is 294 Å². The van der Waals surface area contributed by atoms with Gasteiger partial charge in [0.25, 0.3) is 0 Å². The molecule has 0 aromatic heterocycles. The Balaban J connectivity index is 1.79. The molecule has 0 aliphatic carbocycles. The van der Waals surface area contributed by atoms with E-state index in [1.54, 1.807) is 6.92 Å². The first kappa shape index (κ1) is 42.8. The van der Waals surface area contributed by atoms with Gasteiger partial charge in [0, 0.05) is 33.1 Å². The molecule has 3 aliphatic heterocycles. The highest BCUT2D eigenvalue weighted by atomic mass is 16.6. The monoisotopic (exact) mass is 739 g/mol. The first-order valence-electron chi connectivity index (χ1n) is 16.8. The van der Waals surface area contributed by atoms with Crippen molar-refractivity contribution in [2.75, 3.05) is 46.2 Å². The maximum absolute atomic E-state index is 12.7. The molecule has 3 amide bonds. The minimum atomic E-state index is -1.60. The van der Waals surface area contributed by atoms with Crippen LogP contribution in [0.15, 0.2) is 0 Å². The van der Waals surface area contributed by atoms with Gasteiger partial charge in [0.1, 0.15) is 42.7 Å². The first-order valence-corrected chi connectivity index (χ1v) is 16.8. The van der Waals surface area contributed by atoms with E-state index in [-0.39, 0.29) is 32.8 Å². The van der Waals surface area contributed by atoms with Crippen LogP contribution in [0.1, 0.15) is 34.1 Å². The highest BCUT2D eigenvalue weighted by Gasteiger charge is 2.50. The second-order valence-corrected chi connectivity index (χ2v) is 12.9. The van der Waals surface area contributed by atoms with Crippen LogP contribution < -0.4 is 16.0 Å². The number of hydrogen-bond acceptors (Lipinski definition) is 17. The molecule has 0 bridgehead atoms. The summed E-state index contributed by atoms with van der Waals surface area (Å²) in [5.74, 6) is -4.06. The summed E-state index contributed by atoms with van der Waals surface area (Å²) in [6.45, 7) is 2.25. The number of aliphatic hydroxyl groups is 7. The quantitative estimate of drug-likeness (QED) is 0.0660. The van der Waals surface area contributed by atoms with Crippen LogP contribution >= 0.6 is 0 Å². The van der Waals surface area contributed by atoms with E-state index in [2.05, 4.69) is 16.0 Å². The number of esters is 1. The second kappa shape index (κ2) is 20.0. The average Bonchev–Trinajstić information content (AvgIpc) is 3.07. The Morgan fingerprint density at radius 2 is 1.04 bits per heavy atom. The van der Waals surface area contributed by atoms with Gasteiger partial charge >= 0.3 is 5.97 Å². The Bertz CT molecular complexity index is 1150. The Morgan fingerprint density at radius 1 is 0.569 bits per heavy atom. The van der Waals surface area contributed by atoms with Crippen LogP contribution in [0.25, 0.3) is 0 Å². The molecule has 0 radical (unpaired) electrons. The smallest absolute Gasteiger partial charge is 0.305 e. The molecule has 20 heteroatoms. The van der Waals surface area contributed by atoms with Crippen LogP contribution in [-0.4, -0.2) is 185 Å². The fourth-order valence-corrected chi connectivity index (χ4v) is 6.61. The number of nitrogens with one attached hydrogen (secondary N) is 3. The normalized spacial score (nSPS) is 38.4. The molecule has 6 unspecified atom stereocenters. The van der Waals surface area contributed by atoms with Crippen molar-refractivity contribution in [2.45, 2.75) is 113 Å². The van der Waals surface area contributed by atoms with Crippen LogP contribution in [0, 0.1) is 11.8 Å². The van der Waals surface area contributed by atoms with Crippen molar-refractivity contribution >= 4 is 23.7 Å². The summed E-state index contributed by atoms with van der Waals surface area (Å²) in [6, 6.07) is -3.39. The van der Waals surface area contributed by atoms with Crippen molar-refractivity contribution in [3.8, 4) is 0 Å². The predicted octanol–water partition coefficient (Wildman–Crippen LogP) is -5.60. The van der Waals surface area contributed by atoms with E-state index < -0.39 is 135 Å². The minimum absolute atomic E-state index is 0.0385. The standard InChI is InChI=1S/C31H53N3O17/c1-5-23(41)51-30-17(10-47-11-21-24(32-13(2)38)29(44)28(43)20(8-37)49-21)19(7-36)48-22(25(30)33-14(3)39)12-46-9-16-18(6-35)50-31(45)26(27(16)42)34-15(4)40/h16-22,24-31,35-37,42-45H,5-12H2,1-4H3,(H,32,38)(H,33,39)(H,34,40)/t16-,17-,18?,19?,20?,21+,22+,24?,25?,26?,27+,28-,29-,30+,31-/m1/s1. The number of carbonyl (C=O) groups excluding carboxylic acids is 4. The lowest BCUT2D eigenvalue weighted by Gasteiger charge is -2.47. The summed E-state index contributed by atoms with van der Waals surface area (Å²) in [4.78, 5) is 48.5. The van der Waals surface area contributed by atoms with Gasteiger partial charge in [-0.2, -0.15) is 0 Å². The highest BCUT2D eigenvalue weighted by molar-refractivity contribution is 5.74. The van der Waals surface area contributed by atoms with Gasteiger partial charge in [-0.3, -0.25) is 19.2 Å². The van der Waals surface area contributed by atoms with Gasteiger partial charge in [-0.1, -0.05) is 6.92 Å². The number of hydrogen-bond donors (Lipinski definition) is 10. The lowest BCUT2D eigenvalue weighted by atomic mass is 9.85. The molecule has 3 fully saturated rings. The summed E-state index contributed by atoms with van der Waals surface area (Å²) in [5, 5.41) is 79.6. The molecular weight excluding hydrogens is 686 g/mol. The number of aliphatic hydroxyl groups excluding tert-OH is 7. The Hall–Kier alpha value is -2.60. The summed E-state index contributed by atoms with van der Waals surface area (Å²) >= 11 is 0. The first-order chi connectivity index (χ1) is 24.2. The maximum Gasteiger partial charge on any atom is 0.305 e. The molecule has 20 nitrogen and oxygen atoms in total. The molecule has 0 aromatic carbocycles. The topological polar surface area (TPSA) is 301 Å². The predicted molar refractivity (Wildman–Crippen MR) is 169 cm³/mol. The average molecular weight is 740 g/mol. The lowest BCUT2D eigenvalue weighted by molar-refractivity contribution is -0.249. The van der Waals surface area contributed by atoms with Crippen LogP contribution in [-0.2, 0) is 47.6 Å². The molecular formula is C31H53N3O17. The van der Waals surface area contributed by atoms with Gasteiger partial charge in [0.15, 0.2) is 6.29 Å². The van der Waals surface area contributed by atoms with Crippen molar-refractivity contribution in [1.82, 2.24) is 16.0 Å². The van der Waals surface area contributed by atoms with E-state index >= 15 is 0 Å². The molecule has 15 atom stereocenters. The fraction of sp³-hybridized carbons (Fsp3) is 0.871. The van der Waals surface area contributed by atoms with Crippen molar-refractivity contribution in [2.24, 2.45) is 11.8 Å². The molecule has 3 saturated heterocycles. The summed E-state index contributed by atoms with van der Waals surface area (Å²) in [6.07, 6.45) is -12.6. The molecule has 3 aliphatic rings. The van der Waals surface area contributed by atoms with Crippen LogP contribution in [0.5, 0.6) is 0 Å². The third-order valence-electron chi connectivity index (χ3n) is 9.15. The zero-order valence-corrected chi connectivity index (χ0v) is 29.0. The van der Waals surface area contributed by atoms with Crippen molar-refractivity contribution < 1.29 is 83.3 Å². The SMILES string of the molecule is CCC(=O)O[C@@H]1C(NC(C)=O)[C@H](COC[C@@H]2C(CO)O[C@@H](O)C(NC(C)=O)[C@H]2O)OC(CO)[C@H]1COC[C@@H]1OC(CO)[C@@H](O)[C@H](O)C1NC(C)=O. The zero-order valence-electron chi connectivity index (χ0n) is 29.0. The highest BCUT2D eigenvalue weighted by Crippen LogP contribution is 2.32. The van der Waals surface area contributed by atoms with Gasteiger partial charge < -0.3 is 80.1 Å². The van der Waals surface area contributed by atoms with E-state index in [4.69, 9.17) is 28.4 Å². The minimum Gasteiger partial charge on any atom is -0.460 e. The largest absolute Gasteiger partial charge is 0.460 e. The van der Waals surface area contributed by atoms with Crippen molar-refractivity contribution in [3.63, 3.8) is 0 Å². The van der Waals surface area contributed by atoms with Gasteiger partial charge in [-0.05, 0) is 0 Å². The Morgan fingerprint density at radius 3 is 1.57 bits per heavy atom. The number of ether oxygens (including phenoxy) is 6. The molecule has 3 rings (SSSR count). The molecule has 3 heterocycles. The number of rotatable bonds is 16. The third-order valence-corrected chi connectivity index (χ3v) is 9.15. The lowest BCUT2D eigenvalue weighted by Crippen LogP contribution is -2.66. The number of carbonyl (C=O) groups is 4. The van der Waals surface area contributed by atoms with Crippen LogP contribution in [0.2, 0.25) is 0 Å². The van der Waals surface area contributed by atoms with Crippen LogP contribution in [0.4, 0.5) is 0 Å². The Kier molecular flexibility index (Phi) is 16.8. The second-order valence-electron chi connectivity index (χ2n) is 12.9. The van der Waals surface area contributed by atoms with Crippen molar-refractivity contribution in [3.05, 3.63) is 0 Å². The van der Waals surface area contributed by atoms with Crippen LogP contribution in [0.3, 0.4) is 0 Å². The van der Waals surface area contributed by atoms with Crippen molar-refractivity contribution in [1.29, 1.82) is 0 Å². The number of amides is 3. The fourth-order valence-electron chi connectivity index (χ4n) is 6.61. The van der Waals surface area contributed by atoms with Gasteiger partial charge in [-0.15, -0.1) is 0 Å². The van der Waals surface area contributed by atoms with E-state index in [1.807, 2.05) is 0 Å². The molecule has 10 N–H and O–H groups in total. The van der Waals surface area contributed by atoms with E-state index in [0.717, 1.165) is 0 Å². The third kappa shape index (κ3) is 11.2. The molecule has 0 saturated carbocycles. The summed E-state index contributed by atoms with van der Waals surface area (Å²) < 4.78 is 34.8. The summed E-state index contributed by atoms with van der Waals surface area (Å²) in [5.41, 5.74) is 0. The zero-order chi connectivity index (χ0) is 38.0. The molecule has 51 heavy (non-hydrogen) atoms. The molecule has 0 spiro atoms. The maximum atomic E-state index is 12.7. The van der Waals surface area contributed by atoms with Gasteiger partial charge in [0.05, 0.1) is 82.6 Å². The van der Waals surface area contributed by atoms with E-state index in [9.17, 15) is 54.9 Å². The molecule has 0 aromatic rings.